The number of rotatable bonds is 7. The van der Waals surface area contributed by atoms with Crippen LogP contribution in [0.25, 0.3) is 0 Å². The van der Waals surface area contributed by atoms with Gasteiger partial charge in [0, 0.05) is 30.9 Å². The molecule has 0 atom stereocenters. The molecular formula is C14H18F3NO2. The maximum Gasteiger partial charge on any atom is 0.417 e. The monoisotopic (exact) mass is 289 g/mol. The first-order valence-electron chi connectivity index (χ1n) is 6.43. The van der Waals surface area contributed by atoms with Crippen LogP contribution in [0.3, 0.4) is 0 Å². The second-order valence-corrected chi connectivity index (χ2v) is 4.16. The van der Waals surface area contributed by atoms with E-state index in [-0.39, 0.29) is 11.8 Å². The Hall–Kier alpha value is -1.56. The predicted octanol–water partition coefficient (Wildman–Crippen LogP) is 3.38. The molecule has 0 saturated carbocycles. The zero-order valence-corrected chi connectivity index (χ0v) is 11.5. The minimum Gasteiger partial charge on any atom is -0.380 e. The van der Waals surface area contributed by atoms with Gasteiger partial charge in [0.25, 0.3) is 0 Å². The second-order valence-electron chi connectivity index (χ2n) is 4.16. The van der Waals surface area contributed by atoms with E-state index in [9.17, 15) is 18.0 Å². The van der Waals surface area contributed by atoms with E-state index in [4.69, 9.17) is 4.74 Å². The van der Waals surface area contributed by atoms with Gasteiger partial charge in [0.15, 0.2) is 6.29 Å². The maximum absolute atomic E-state index is 12.9. The molecule has 1 aromatic carbocycles. The predicted molar refractivity (Wildman–Crippen MR) is 71.2 cm³/mol. The number of ether oxygens (including phenoxy) is 1. The number of hydrogen-bond acceptors (Lipinski definition) is 3. The van der Waals surface area contributed by atoms with Crippen LogP contribution in [0.4, 0.5) is 18.9 Å². The number of carbonyl (C=O) groups excluding carboxylic acids is 1. The van der Waals surface area contributed by atoms with Crippen molar-refractivity contribution in [1.29, 1.82) is 0 Å². The SMILES string of the molecule is CCOCCN(CC)c1ccc(C=O)c(C(F)(F)F)c1. The molecule has 0 aromatic heterocycles. The van der Waals surface area contributed by atoms with E-state index < -0.39 is 11.7 Å². The van der Waals surface area contributed by atoms with Gasteiger partial charge in [0.05, 0.1) is 12.2 Å². The van der Waals surface area contributed by atoms with Crippen molar-refractivity contribution in [2.75, 3.05) is 31.2 Å². The Balaban J connectivity index is 3.02. The molecule has 1 aromatic rings. The van der Waals surface area contributed by atoms with Crippen molar-refractivity contribution in [3.63, 3.8) is 0 Å². The number of benzene rings is 1. The lowest BCUT2D eigenvalue weighted by Crippen LogP contribution is -2.27. The summed E-state index contributed by atoms with van der Waals surface area (Å²) in [6.45, 7) is 5.78. The minimum absolute atomic E-state index is 0.225. The summed E-state index contributed by atoms with van der Waals surface area (Å²) in [6.07, 6.45) is -4.31. The summed E-state index contributed by atoms with van der Waals surface area (Å²) < 4.78 is 43.9. The summed E-state index contributed by atoms with van der Waals surface area (Å²) >= 11 is 0. The van der Waals surface area contributed by atoms with Crippen molar-refractivity contribution in [2.45, 2.75) is 20.0 Å². The first-order valence-corrected chi connectivity index (χ1v) is 6.43. The Morgan fingerprint density at radius 2 is 2.00 bits per heavy atom. The highest BCUT2D eigenvalue weighted by molar-refractivity contribution is 5.79. The van der Waals surface area contributed by atoms with Gasteiger partial charge in [-0.15, -0.1) is 0 Å². The van der Waals surface area contributed by atoms with Crippen LogP contribution in [-0.2, 0) is 10.9 Å². The van der Waals surface area contributed by atoms with Crippen LogP contribution >= 0.6 is 0 Å². The molecule has 112 valence electrons. The second kappa shape index (κ2) is 7.28. The molecule has 0 aliphatic carbocycles. The van der Waals surface area contributed by atoms with Crippen molar-refractivity contribution in [3.8, 4) is 0 Å². The lowest BCUT2D eigenvalue weighted by Gasteiger charge is -2.24. The molecule has 0 saturated heterocycles. The molecule has 3 nitrogen and oxygen atoms in total. The number of alkyl halides is 3. The van der Waals surface area contributed by atoms with E-state index in [1.54, 1.807) is 4.90 Å². The molecule has 0 radical (unpaired) electrons. The number of halogens is 3. The summed E-state index contributed by atoms with van der Waals surface area (Å²) in [5.41, 5.74) is -0.813. The molecule has 0 aliphatic heterocycles. The van der Waals surface area contributed by atoms with E-state index >= 15 is 0 Å². The van der Waals surface area contributed by atoms with Crippen LogP contribution in [0.1, 0.15) is 29.8 Å². The summed E-state index contributed by atoms with van der Waals surface area (Å²) in [6, 6.07) is 3.74. The van der Waals surface area contributed by atoms with Gasteiger partial charge in [-0.25, -0.2) is 0 Å². The average molecular weight is 289 g/mol. The molecule has 20 heavy (non-hydrogen) atoms. The first-order chi connectivity index (χ1) is 9.43. The van der Waals surface area contributed by atoms with Crippen LogP contribution in [0.5, 0.6) is 0 Å². The molecular weight excluding hydrogens is 271 g/mol. The van der Waals surface area contributed by atoms with Gasteiger partial charge in [-0.05, 0) is 32.0 Å². The van der Waals surface area contributed by atoms with Crippen molar-refractivity contribution in [2.24, 2.45) is 0 Å². The van der Waals surface area contributed by atoms with E-state index in [1.165, 1.54) is 12.1 Å². The zero-order chi connectivity index (χ0) is 15.2. The molecule has 0 unspecified atom stereocenters. The highest BCUT2D eigenvalue weighted by Crippen LogP contribution is 2.34. The quantitative estimate of drug-likeness (QED) is 0.569. The molecule has 0 N–H and O–H groups in total. The van der Waals surface area contributed by atoms with Crippen LogP contribution in [-0.4, -0.2) is 32.6 Å². The summed E-state index contributed by atoms with van der Waals surface area (Å²) in [5.74, 6) is 0. The van der Waals surface area contributed by atoms with Crippen molar-refractivity contribution in [3.05, 3.63) is 29.3 Å². The van der Waals surface area contributed by atoms with Gasteiger partial charge in [-0.1, -0.05) is 0 Å². The first kappa shape index (κ1) is 16.5. The third-order valence-corrected chi connectivity index (χ3v) is 2.93. The third-order valence-electron chi connectivity index (χ3n) is 2.93. The largest absolute Gasteiger partial charge is 0.417 e. The molecule has 0 fully saturated rings. The number of aldehydes is 1. The fourth-order valence-electron chi connectivity index (χ4n) is 1.88. The van der Waals surface area contributed by atoms with E-state index in [1.807, 2.05) is 13.8 Å². The van der Waals surface area contributed by atoms with E-state index in [0.717, 1.165) is 6.07 Å². The molecule has 0 spiro atoms. The van der Waals surface area contributed by atoms with Crippen LogP contribution in [0.15, 0.2) is 18.2 Å². The lowest BCUT2D eigenvalue weighted by atomic mass is 10.1. The van der Waals surface area contributed by atoms with Crippen LogP contribution in [0, 0.1) is 0 Å². The van der Waals surface area contributed by atoms with E-state index in [0.29, 0.717) is 32.0 Å². The average Bonchev–Trinajstić information content (AvgIpc) is 2.42. The number of likely N-dealkylation sites (N-methyl/N-ethyl adjacent to an activating group) is 1. The summed E-state index contributed by atoms with van der Waals surface area (Å²) in [7, 11) is 0. The number of hydrogen-bond donors (Lipinski definition) is 0. The maximum atomic E-state index is 12.9. The van der Waals surface area contributed by atoms with Crippen molar-refractivity contribution in [1.82, 2.24) is 0 Å². The number of carbonyl (C=O) groups is 1. The minimum atomic E-state index is -4.54. The Morgan fingerprint density at radius 1 is 1.30 bits per heavy atom. The summed E-state index contributed by atoms with van der Waals surface area (Å²) in [4.78, 5) is 12.5. The molecule has 6 heteroatoms. The Bertz CT molecular complexity index is 447. The molecule has 0 heterocycles. The fourth-order valence-corrected chi connectivity index (χ4v) is 1.88. The third kappa shape index (κ3) is 4.23. The number of anilines is 1. The van der Waals surface area contributed by atoms with Crippen molar-refractivity contribution < 1.29 is 22.7 Å². The van der Waals surface area contributed by atoms with Gasteiger partial charge in [0.1, 0.15) is 0 Å². The Kier molecular flexibility index (Phi) is 6.01. The van der Waals surface area contributed by atoms with Gasteiger partial charge in [-0.3, -0.25) is 4.79 Å². The Labute approximate surface area is 116 Å². The van der Waals surface area contributed by atoms with Crippen LogP contribution < -0.4 is 4.90 Å². The standard InChI is InChI=1S/C14H18F3NO2/c1-3-18(7-8-20-4-2)12-6-5-11(10-19)13(9-12)14(15,16)17/h5-6,9-10H,3-4,7-8H2,1-2H3. The topological polar surface area (TPSA) is 29.5 Å². The Morgan fingerprint density at radius 3 is 2.50 bits per heavy atom. The van der Waals surface area contributed by atoms with E-state index in [2.05, 4.69) is 0 Å². The van der Waals surface area contributed by atoms with Gasteiger partial charge in [-0.2, -0.15) is 13.2 Å². The van der Waals surface area contributed by atoms with Crippen LogP contribution in [0.2, 0.25) is 0 Å². The smallest absolute Gasteiger partial charge is 0.380 e. The molecule has 0 amide bonds. The fraction of sp³-hybridized carbons (Fsp3) is 0.500. The highest BCUT2D eigenvalue weighted by Gasteiger charge is 2.33. The summed E-state index contributed by atoms with van der Waals surface area (Å²) in [5, 5.41) is 0. The lowest BCUT2D eigenvalue weighted by molar-refractivity contribution is -0.137. The highest BCUT2D eigenvalue weighted by atomic mass is 19.4. The molecule has 0 bridgehead atoms. The van der Waals surface area contributed by atoms with Crippen molar-refractivity contribution >= 4 is 12.0 Å². The zero-order valence-electron chi connectivity index (χ0n) is 11.5. The normalized spacial score (nSPS) is 11.4. The van der Waals surface area contributed by atoms with Gasteiger partial charge >= 0.3 is 6.18 Å². The van der Waals surface area contributed by atoms with Gasteiger partial charge < -0.3 is 9.64 Å². The molecule has 1 rings (SSSR count). The molecule has 0 aliphatic rings. The van der Waals surface area contributed by atoms with Gasteiger partial charge in [0.2, 0.25) is 0 Å². The number of nitrogens with zero attached hydrogens (tertiary/aromatic N) is 1.